The maximum atomic E-state index is 13.3. The molecule has 0 spiro atoms. The fourth-order valence-electron chi connectivity index (χ4n) is 3.18. The summed E-state index contributed by atoms with van der Waals surface area (Å²) in [5, 5.41) is 2.92. The number of anilines is 1. The van der Waals surface area contributed by atoms with Crippen LogP contribution in [-0.2, 0) is 26.2 Å². The van der Waals surface area contributed by atoms with Crippen molar-refractivity contribution < 1.29 is 22.7 Å². The molecule has 1 atom stereocenters. The molecule has 0 aromatic heterocycles. The minimum atomic E-state index is -3.81. The number of carbonyl (C=O) groups excluding carboxylic acids is 2. The number of carbonyl (C=O) groups is 2. The average Bonchev–Trinajstić information content (AvgIpc) is 2.76. The molecule has 0 heterocycles. The molecule has 2 rings (SSSR count). The Morgan fingerprint density at radius 2 is 1.78 bits per heavy atom. The van der Waals surface area contributed by atoms with Crippen LogP contribution in [0, 0.1) is 6.92 Å². The first kappa shape index (κ1) is 25.5. The Labute approximate surface area is 194 Å². The second kappa shape index (κ2) is 10.7. The lowest BCUT2D eigenvalue weighted by Crippen LogP contribution is -2.50. The summed E-state index contributed by atoms with van der Waals surface area (Å²) in [4.78, 5) is 27.0. The van der Waals surface area contributed by atoms with E-state index in [1.807, 2.05) is 0 Å². The van der Waals surface area contributed by atoms with Gasteiger partial charge in [0.1, 0.15) is 18.3 Å². The van der Waals surface area contributed by atoms with Gasteiger partial charge >= 0.3 is 0 Å². The van der Waals surface area contributed by atoms with Crippen LogP contribution in [-0.4, -0.2) is 58.1 Å². The molecule has 174 valence electrons. The standard InChI is InChI=1S/C22H28ClN3O5S/c1-15-19(23)7-6-8-20(15)26(32(5,29)30)14-21(27)25(16(2)22(28)24-3)13-17-9-11-18(31-4)12-10-17/h6-12,16H,13-14H2,1-5H3,(H,24,28)/t16-/m0/s1. The third-order valence-electron chi connectivity index (χ3n) is 5.11. The zero-order valence-electron chi connectivity index (χ0n) is 18.8. The molecule has 0 aliphatic carbocycles. The van der Waals surface area contributed by atoms with E-state index in [1.54, 1.807) is 63.4 Å². The van der Waals surface area contributed by atoms with E-state index in [1.165, 1.54) is 11.9 Å². The van der Waals surface area contributed by atoms with Gasteiger partial charge in [-0.05, 0) is 49.2 Å². The van der Waals surface area contributed by atoms with Gasteiger partial charge in [-0.3, -0.25) is 13.9 Å². The van der Waals surface area contributed by atoms with E-state index >= 15 is 0 Å². The third-order valence-corrected chi connectivity index (χ3v) is 6.65. The van der Waals surface area contributed by atoms with Crippen molar-refractivity contribution in [3.8, 4) is 5.75 Å². The number of nitrogens with zero attached hydrogens (tertiary/aromatic N) is 2. The first-order chi connectivity index (χ1) is 15.0. The largest absolute Gasteiger partial charge is 0.497 e. The molecule has 0 radical (unpaired) electrons. The van der Waals surface area contributed by atoms with Gasteiger partial charge in [0.15, 0.2) is 0 Å². The first-order valence-electron chi connectivity index (χ1n) is 9.86. The third kappa shape index (κ3) is 6.14. The van der Waals surface area contributed by atoms with Crippen molar-refractivity contribution in [1.29, 1.82) is 0 Å². The number of ether oxygens (including phenoxy) is 1. The first-order valence-corrected chi connectivity index (χ1v) is 12.1. The Morgan fingerprint density at radius 3 is 2.31 bits per heavy atom. The van der Waals surface area contributed by atoms with Gasteiger partial charge in [0, 0.05) is 18.6 Å². The van der Waals surface area contributed by atoms with Gasteiger partial charge in [-0.15, -0.1) is 0 Å². The van der Waals surface area contributed by atoms with Gasteiger partial charge in [0.25, 0.3) is 0 Å². The van der Waals surface area contributed by atoms with Crippen molar-refractivity contribution in [1.82, 2.24) is 10.2 Å². The topological polar surface area (TPSA) is 96.0 Å². The molecular formula is C22H28ClN3O5S. The van der Waals surface area contributed by atoms with Crippen LogP contribution < -0.4 is 14.4 Å². The predicted octanol–water partition coefficient (Wildman–Crippen LogP) is 2.59. The molecule has 2 amide bonds. The van der Waals surface area contributed by atoms with Crippen LogP contribution in [0.3, 0.4) is 0 Å². The highest BCUT2D eigenvalue weighted by atomic mass is 35.5. The fraction of sp³-hybridized carbons (Fsp3) is 0.364. The number of rotatable bonds is 9. The lowest BCUT2D eigenvalue weighted by atomic mass is 10.1. The maximum absolute atomic E-state index is 13.3. The number of sulfonamides is 1. The Hall–Kier alpha value is -2.78. The minimum Gasteiger partial charge on any atom is -0.497 e. The van der Waals surface area contributed by atoms with E-state index in [9.17, 15) is 18.0 Å². The molecule has 2 aromatic carbocycles. The number of nitrogens with one attached hydrogen (secondary N) is 1. The second-order valence-corrected chi connectivity index (χ2v) is 9.63. The van der Waals surface area contributed by atoms with Crippen molar-refractivity contribution in [2.75, 3.05) is 31.3 Å². The van der Waals surface area contributed by atoms with Gasteiger partial charge in [-0.1, -0.05) is 29.8 Å². The molecule has 0 saturated carbocycles. The number of halogens is 1. The number of benzene rings is 2. The lowest BCUT2D eigenvalue weighted by molar-refractivity contribution is -0.139. The highest BCUT2D eigenvalue weighted by Crippen LogP contribution is 2.28. The minimum absolute atomic E-state index is 0.115. The molecule has 0 unspecified atom stereocenters. The molecule has 32 heavy (non-hydrogen) atoms. The maximum Gasteiger partial charge on any atom is 0.244 e. The van der Waals surface area contributed by atoms with Gasteiger partial charge in [-0.25, -0.2) is 8.42 Å². The molecule has 10 heteroatoms. The number of hydrogen-bond donors (Lipinski definition) is 1. The summed E-state index contributed by atoms with van der Waals surface area (Å²) in [5.41, 5.74) is 1.61. The highest BCUT2D eigenvalue weighted by Gasteiger charge is 2.30. The molecule has 0 aliphatic heterocycles. The van der Waals surface area contributed by atoms with Crippen LogP contribution >= 0.6 is 11.6 Å². The number of methoxy groups -OCH3 is 1. The Bertz CT molecular complexity index is 1070. The van der Waals surface area contributed by atoms with Gasteiger partial charge in [0.05, 0.1) is 19.1 Å². The summed E-state index contributed by atoms with van der Waals surface area (Å²) in [6.07, 6.45) is 1.02. The summed E-state index contributed by atoms with van der Waals surface area (Å²) < 4.78 is 31.3. The SMILES string of the molecule is CNC(=O)[C@H](C)N(Cc1ccc(OC)cc1)C(=O)CN(c1cccc(Cl)c1C)S(C)(=O)=O. The van der Waals surface area contributed by atoms with Crippen molar-refractivity contribution in [3.63, 3.8) is 0 Å². The summed E-state index contributed by atoms with van der Waals surface area (Å²) in [5.74, 6) is -0.232. The van der Waals surface area contributed by atoms with E-state index in [-0.39, 0.29) is 12.5 Å². The van der Waals surface area contributed by atoms with Gasteiger partial charge in [0.2, 0.25) is 21.8 Å². The van der Waals surface area contributed by atoms with Crippen molar-refractivity contribution in [2.45, 2.75) is 26.4 Å². The van der Waals surface area contributed by atoms with Crippen LogP contribution in [0.5, 0.6) is 5.75 Å². The summed E-state index contributed by atoms with van der Waals surface area (Å²) >= 11 is 6.17. The zero-order chi connectivity index (χ0) is 24.1. The van der Waals surface area contributed by atoms with Crippen molar-refractivity contribution in [3.05, 3.63) is 58.6 Å². The number of hydrogen-bond acceptors (Lipinski definition) is 5. The van der Waals surface area contributed by atoms with Crippen LogP contribution in [0.4, 0.5) is 5.69 Å². The van der Waals surface area contributed by atoms with Gasteiger partial charge in [-0.2, -0.15) is 0 Å². The fourth-order valence-corrected chi connectivity index (χ4v) is 4.25. The molecule has 1 N–H and O–H groups in total. The number of amides is 2. The average molecular weight is 482 g/mol. The predicted molar refractivity (Wildman–Crippen MR) is 125 cm³/mol. The molecule has 0 bridgehead atoms. The van der Waals surface area contributed by atoms with E-state index in [0.717, 1.165) is 16.1 Å². The highest BCUT2D eigenvalue weighted by molar-refractivity contribution is 7.92. The normalized spacial score (nSPS) is 12.1. The Morgan fingerprint density at radius 1 is 1.16 bits per heavy atom. The molecule has 2 aromatic rings. The van der Waals surface area contributed by atoms with Crippen molar-refractivity contribution in [2.24, 2.45) is 0 Å². The van der Waals surface area contributed by atoms with E-state index in [2.05, 4.69) is 5.32 Å². The summed E-state index contributed by atoms with van der Waals surface area (Å²) in [6, 6.07) is 11.1. The summed E-state index contributed by atoms with van der Waals surface area (Å²) in [6.45, 7) is 2.92. The van der Waals surface area contributed by atoms with E-state index in [0.29, 0.717) is 22.0 Å². The van der Waals surface area contributed by atoms with Crippen LogP contribution in [0.2, 0.25) is 5.02 Å². The smallest absolute Gasteiger partial charge is 0.244 e. The quantitative estimate of drug-likeness (QED) is 0.594. The van der Waals surface area contributed by atoms with Crippen molar-refractivity contribution >= 4 is 39.1 Å². The second-order valence-electron chi connectivity index (χ2n) is 7.31. The Kier molecular flexibility index (Phi) is 8.51. The van der Waals surface area contributed by atoms with E-state index in [4.69, 9.17) is 16.3 Å². The van der Waals surface area contributed by atoms with Gasteiger partial charge < -0.3 is 15.0 Å². The molecular weight excluding hydrogens is 454 g/mol. The van der Waals surface area contributed by atoms with E-state index < -0.39 is 28.5 Å². The lowest BCUT2D eigenvalue weighted by Gasteiger charge is -2.31. The number of likely N-dealkylation sites (N-methyl/N-ethyl adjacent to an activating group) is 1. The van der Waals surface area contributed by atoms with Crippen LogP contribution in [0.25, 0.3) is 0 Å². The Balaban J connectivity index is 2.41. The zero-order valence-corrected chi connectivity index (χ0v) is 20.3. The molecule has 0 aliphatic rings. The summed E-state index contributed by atoms with van der Waals surface area (Å²) in [7, 11) is -0.778. The molecule has 0 fully saturated rings. The monoisotopic (exact) mass is 481 g/mol. The molecule has 8 nitrogen and oxygen atoms in total. The van der Waals surface area contributed by atoms with Crippen LogP contribution in [0.15, 0.2) is 42.5 Å². The van der Waals surface area contributed by atoms with Crippen LogP contribution in [0.1, 0.15) is 18.1 Å². The molecule has 0 saturated heterocycles.